The lowest BCUT2D eigenvalue weighted by Gasteiger charge is -2.20. The number of aliphatic carboxylic acids is 1. The van der Waals surface area contributed by atoms with Gasteiger partial charge in [-0.25, -0.2) is 5.06 Å². The summed E-state index contributed by atoms with van der Waals surface area (Å²) in [5.74, 6) is 0.0124. The molecule has 7 nitrogen and oxygen atoms in total. The molecule has 0 aliphatic rings. The van der Waals surface area contributed by atoms with Crippen molar-refractivity contribution >= 4 is 23.6 Å². The number of thioether (sulfide) groups is 1. The van der Waals surface area contributed by atoms with Gasteiger partial charge in [0.2, 0.25) is 5.91 Å². The summed E-state index contributed by atoms with van der Waals surface area (Å²) < 4.78 is 5.76. The molecule has 0 radical (unpaired) electrons. The van der Waals surface area contributed by atoms with E-state index in [-0.39, 0.29) is 13.0 Å². The van der Waals surface area contributed by atoms with Gasteiger partial charge in [0.1, 0.15) is 12.4 Å². The lowest BCUT2D eigenvalue weighted by Crippen LogP contribution is -2.40. The largest absolute Gasteiger partial charge is 0.489 e. The number of carboxylic acid groups (broad SMARTS) is 1. The average Bonchev–Trinajstić information content (AvgIpc) is 2.76. The second-order valence-electron chi connectivity index (χ2n) is 7.31. The van der Waals surface area contributed by atoms with E-state index in [0.29, 0.717) is 30.3 Å². The Balaban J connectivity index is 1.69. The van der Waals surface area contributed by atoms with E-state index in [1.54, 1.807) is 6.92 Å². The number of ether oxygens (including phenoxy) is 1. The molecule has 0 fully saturated rings. The number of nitrogens with two attached hydrogens (primary N) is 1. The van der Waals surface area contributed by atoms with Crippen molar-refractivity contribution in [3.63, 3.8) is 0 Å². The van der Waals surface area contributed by atoms with Crippen molar-refractivity contribution in [1.82, 2.24) is 5.06 Å². The van der Waals surface area contributed by atoms with Gasteiger partial charge in [0.15, 0.2) is 0 Å². The summed E-state index contributed by atoms with van der Waals surface area (Å²) >= 11 is 1.27. The molecule has 31 heavy (non-hydrogen) atoms. The first-order chi connectivity index (χ1) is 14.8. The zero-order valence-corrected chi connectivity index (χ0v) is 18.5. The molecule has 0 heterocycles. The van der Waals surface area contributed by atoms with Gasteiger partial charge in [0.25, 0.3) is 0 Å². The number of nitrogens with zero attached hydrogens (tertiary/aromatic N) is 1. The molecule has 2 aromatic carbocycles. The number of carbonyl (C=O) groups is 2. The minimum absolute atomic E-state index is 0.0315. The molecular weight excluding hydrogens is 416 g/mol. The van der Waals surface area contributed by atoms with Crippen LogP contribution in [0.3, 0.4) is 0 Å². The van der Waals surface area contributed by atoms with Crippen LogP contribution in [0.5, 0.6) is 5.75 Å². The molecule has 0 bridgehead atoms. The Morgan fingerprint density at radius 2 is 1.77 bits per heavy atom. The molecule has 0 unspecified atom stereocenters. The first-order valence-electron chi connectivity index (χ1n) is 10.2. The Bertz CT molecular complexity index is 816. The fourth-order valence-electron chi connectivity index (χ4n) is 2.84. The van der Waals surface area contributed by atoms with Crippen LogP contribution in [0.2, 0.25) is 0 Å². The Hall–Kier alpha value is -2.55. The van der Waals surface area contributed by atoms with E-state index in [4.69, 9.17) is 15.6 Å². The predicted octanol–water partition coefficient (Wildman–Crippen LogP) is 3.34. The zero-order chi connectivity index (χ0) is 22.6. The van der Waals surface area contributed by atoms with Crippen molar-refractivity contribution in [2.24, 2.45) is 5.73 Å². The maximum Gasteiger partial charge on any atom is 0.316 e. The van der Waals surface area contributed by atoms with E-state index in [1.165, 1.54) is 11.8 Å². The van der Waals surface area contributed by atoms with Gasteiger partial charge in [-0.1, -0.05) is 42.5 Å². The van der Waals surface area contributed by atoms with Crippen molar-refractivity contribution in [2.45, 2.75) is 44.1 Å². The third-order valence-corrected chi connectivity index (χ3v) is 5.84. The lowest BCUT2D eigenvalue weighted by atomic mass is 10.1. The first kappa shape index (κ1) is 24.7. The van der Waals surface area contributed by atoms with Crippen molar-refractivity contribution in [3.8, 4) is 5.75 Å². The van der Waals surface area contributed by atoms with Gasteiger partial charge in [0.05, 0.1) is 11.8 Å². The van der Waals surface area contributed by atoms with Crippen LogP contribution in [-0.4, -0.2) is 50.8 Å². The highest BCUT2D eigenvalue weighted by molar-refractivity contribution is 8.00. The molecule has 4 N–H and O–H groups in total. The second-order valence-corrected chi connectivity index (χ2v) is 8.76. The van der Waals surface area contributed by atoms with E-state index in [2.05, 4.69) is 0 Å². The smallest absolute Gasteiger partial charge is 0.316 e. The molecule has 168 valence electrons. The van der Waals surface area contributed by atoms with Crippen LogP contribution in [0.4, 0.5) is 0 Å². The molecule has 0 aliphatic carbocycles. The number of benzene rings is 2. The molecular formula is C23H30N2O5S. The molecule has 1 amide bonds. The summed E-state index contributed by atoms with van der Waals surface area (Å²) in [5.41, 5.74) is 8.17. The van der Waals surface area contributed by atoms with Gasteiger partial charge in [-0.05, 0) is 48.8 Å². The van der Waals surface area contributed by atoms with Crippen molar-refractivity contribution < 1.29 is 24.6 Å². The molecule has 2 rings (SSSR count). The molecule has 0 spiro atoms. The lowest BCUT2D eigenvalue weighted by molar-refractivity contribution is -0.166. The van der Waals surface area contributed by atoms with Crippen molar-refractivity contribution in [1.29, 1.82) is 0 Å². The molecule has 0 saturated heterocycles. The van der Waals surface area contributed by atoms with E-state index in [1.807, 2.05) is 54.6 Å². The predicted molar refractivity (Wildman–Crippen MR) is 121 cm³/mol. The van der Waals surface area contributed by atoms with Crippen molar-refractivity contribution in [2.75, 3.05) is 12.3 Å². The fourth-order valence-corrected chi connectivity index (χ4v) is 3.64. The minimum Gasteiger partial charge on any atom is -0.489 e. The molecule has 0 aromatic heterocycles. The third kappa shape index (κ3) is 9.42. The molecule has 0 aliphatic heterocycles. The molecule has 2 atom stereocenters. The Morgan fingerprint density at radius 3 is 2.42 bits per heavy atom. The van der Waals surface area contributed by atoms with Crippen LogP contribution in [0.25, 0.3) is 0 Å². The highest BCUT2D eigenvalue weighted by Gasteiger charge is 2.16. The maximum absolute atomic E-state index is 12.0. The minimum atomic E-state index is -0.873. The van der Waals surface area contributed by atoms with E-state index in [9.17, 15) is 14.8 Å². The van der Waals surface area contributed by atoms with E-state index in [0.717, 1.165) is 16.9 Å². The van der Waals surface area contributed by atoms with Gasteiger partial charge in [-0.3, -0.25) is 14.8 Å². The highest BCUT2D eigenvalue weighted by Crippen LogP contribution is 2.16. The Labute approximate surface area is 187 Å². The maximum atomic E-state index is 12.0. The second kappa shape index (κ2) is 13.0. The number of carboxylic acids is 1. The normalized spacial score (nSPS) is 12.7. The third-order valence-electron chi connectivity index (χ3n) is 4.62. The summed E-state index contributed by atoms with van der Waals surface area (Å²) in [4.78, 5) is 22.8. The SMILES string of the molecule is C[C@H](SCCCC(=O)N(O)C[C@@H](N)Cc1ccc(OCc2ccccc2)cc1)C(=O)O. The summed E-state index contributed by atoms with van der Waals surface area (Å²) in [6, 6.07) is 17.1. The van der Waals surface area contributed by atoms with Crippen LogP contribution in [0.1, 0.15) is 30.9 Å². The Kier molecular flexibility index (Phi) is 10.4. The number of amides is 1. The Morgan fingerprint density at radius 1 is 1.10 bits per heavy atom. The monoisotopic (exact) mass is 446 g/mol. The van der Waals surface area contributed by atoms with Gasteiger partial charge >= 0.3 is 5.97 Å². The zero-order valence-electron chi connectivity index (χ0n) is 17.6. The van der Waals surface area contributed by atoms with Crippen LogP contribution < -0.4 is 10.5 Å². The molecule has 0 saturated carbocycles. The average molecular weight is 447 g/mol. The summed E-state index contributed by atoms with van der Waals surface area (Å²) in [6.07, 6.45) is 1.16. The number of hydroxylamine groups is 2. The van der Waals surface area contributed by atoms with Gasteiger partial charge in [-0.2, -0.15) is 0 Å². The van der Waals surface area contributed by atoms with Crippen LogP contribution >= 0.6 is 11.8 Å². The number of rotatable bonds is 13. The van der Waals surface area contributed by atoms with E-state index >= 15 is 0 Å². The van der Waals surface area contributed by atoms with Crippen molar-refractivity contribution in [3.05, 3.63) is 65.7 Å². The van der Waals surface area contributed by atoms with Gasteiger partial charge < -0.3 is 15.6 Å². The van der Waals surface area contributed by atoms with E-state index < -0.39 is 23.2 Å². The number of hydrogen-bond donors (Lipinski definition) is 3. The van der Waals surface area contributed by atoms with Gasteiger partial charge in [0, 0.05) is 12.5 Å². The number of carbonyl (C=O) groups excluding carboxylic acids is 1. The summed E-state index contributed by atoms with van der Waals surface area (Å²) in [7, 11) is 0. The number of hydrogen-bond acceptors (Lipinski definition) is 6. The fraction of sp³-hybridized carbons (Fsp3) is 0.391. The first-order valence-corrected chi connectivity index (χ1v) is 11.2. The van der Waals surface area contributed by atoms with Gasteiger partial charge in [-0.15, -0.1) is 11.8 Å². The van der Waals surface area contributed by atoms with Crippen LogP contribution in [0.15, 0.2) is 54.6 Å². The quantitative estimate of drug-likeness (QED) is 0.246. The van der Waals surface area contributed by atoms with Crippen LogP contribution in [0, 0.1) is 0 Å². The molecule has 2 aromatic rings. The summed E-state index contributed by atoms with van der Waals surface area (Å²) in [6.45, 7) is 2.13. The molecule has 8 heteroatoms. The van der Waals surface area contributed by atoms with Crippen LogP contribution in [-0.2, 0) is 22.6 Å². The highest BCUT2D eigenvalue weighted by atomic mass is 32.2. The topological polar surface area (TPSA) is 113 Å². The standard InChI is InChI=1S/C23H30N2O5S/c1-17(23(27)28)31-13-5-8-22(26)25(29)15-20(24)14-18-9-11-21(12-10-18)30-16-19-6-3-2-4-7-19/h2-4,6-7,9-12,17,20,29H,5,8,13-16,24H2,1H3,(H,27,28)/t17-,20-/m0/s1. The summed E-state index contributed by atoms with van der Waals surface area (Å²) in [5, 5.41) is 18.9.